The molecule has 1 unspecified atom stereocenters. The molecule has 204 valence electrons. The summed E-state index contributed by atoms with van der Waals surface area (Å²) >= 11 is 0. The van der Waals surface area contributed by atoms with E-state index in [0.717, 1.165) is 63.8 Å². The maximum atomic E-state index is 13.0. The molecule has 1 atom stereocenters. The molecule has 2 amide bonds. The Labute approximate surface area is 221 Å². The number of guanidine groups is 1. The Morgan fingerprint density at radius 1 is 1.13 bits per heavy atom. The van der Waals surface area contributed by atoms with Gasteiger partial charge in [-0.1, -0.05) is 6.07 Å². The lowest BCUT2D eigenvalue weighted by Crippen LogP contribution is -2.41. The van der Waals surface area contributed by atoms with Crippen molar-refractivity contribution in [1.29, 1.82) is 5.41 Å². The van der Waals surface area contributed by atoms with Crippen molar-refractivity contribution in [1.82, 2.24) is 24.7 Å². The van der Waals surface area contributed by atoms with Crippen LogP contribution in [-0.4, -0.2) is 70.6 Å². The molecule has 3 aliphatic heterocycles. The first kappa shape index (κ1) is 25.8. The second kappa shape index (κ2) is 11.3. The summed E-state index contributed by atoms with van der Waals surface area (Å²) in [5, 5.41) is 13.4. The van der Waals surface area contributed by atoms with Crippen LogP contribution in [0.1, 0.15) is 56.0 Å². The van der Waals surface area contributed by atoms with Crippen molar-refractivity contribution in [3.63, 3.8) is 0 Å². The zero-order valence-electron chi connectivity index (χ0n) is 21.6. The molecule has 7 N–H and O–H groups in total. The number of piperidine rings is 1. The topological polar surface area (TPSA) is 168 Å². The molecule has 2 fully saturated rings. The average molecular weight is 524 g/mol. The molecule has 0 saturated carbocycles. The van der Waals surface area contributed by atoms with Gasteiger partial charge in [0.1, 0.15) is 0 Å². The lowest BCUT2D eigenvalue weighted by molar-refractivity contribution is 0.190. The van der Waals surface area contributed by atoms with Crippen molar-refractivity contribution >= 4 is 23.5 Å². The number of nitrogens with zero attached hydrogens (tertiary/aromatic N) is 4. The fourth-order valence-corrected chi connectivity index (χ4v) is 5.71. The monoisotopic (exact) mass is 523 g/mol. The number of fused-ring (bicyclic) bond motifs is 2. The second-order valence-electron chi connectivity index (χ2n) is 10.3. The van der Waals surface area contributed by atoms with Crippen molar-refractivity contribution < 1.29 is 9.53 Å². The van der Waals surface area contributed by atoms with Gasteiger partial charge >= 0.3 is 11.7 Å². The smallest absolute Gasteiger partial charge is 0.350 e. The van der Waals surface area contributed by atoms with Crippen LogP contribution in [0.4, 0.5) is 16.3 Å². The number of primary amides is 1. The van der Waals surface area contributed by atoms with Gasteiger partial charge in [-0.2, -0.15) is 4.98 Å². The zero-order chi connectivity index (χ0) is 26.6. The Balaban J connectivity index is 1.23. The third-order valence-electron chi connectivity index (χ3n) is 7.82. The Kier molecular flexibility index (Phi) is 7.68. The van der Waals surface area contributed by atoms with Crippen molar-refractivity contribution in [3.8, 4) is 11.5 Å². The number of rotatable bonds is 6. The van der Waals surface area contributed by atoms with Gasteiger partial charge in [0.05, 0.1) is 11.9 Å². The van der Waals surface area contributed by atoms with Gasteiger partial charge in [0, 0.05) is 32.2 Å². The minimum absolute atomic E-state index is 0.00216. The van der Waals surface area contributed by atoms with Crippen molar-refractivity contribution in [2.24, 2.45) is 11.5 Å². The highest BCUT2D eigenvalue weighted by Gasteiger charge is 2.27. The van der Waals surface area contributed by atoms with Crippen LogP contribution >= 0.6 is 0 Å². The number of nitrogens with two attached hydrogens (primary N) is 2. The standard InChI is InChI=1S/C26H37N9O3/c27-24(28)30-9-2-11-33-10-1-3-19(8-12-33)35-16-22-23(32-26(35)37)31-20-15-18(4-5-21(20)38-22)17-6-13-34(14-7-17)25(29)36/h4-5,15-17,19H,1-3,6-14H2,(H2,29,36)(H4,27,28,30)(H,31,32,37). The van der Waals surface area contributed by atoms with Gasteiger partial charge < -0.3 is 36.6 Å². The fourth-order valence-electron chi connectivity index (χ4n) is 5.71. The second-order valence-corrected chi connectivity index (χ2v) is 10.3. The Morgan fingerprint density at radius 3 is 2.71 bits per heavy atom. The minimum Gasteiger partial charge on any atom is -0.450 e. The number of urea groups is 1. The minimum atomic E-state index is -0.364. The summed E-state index contributed by atoms with van der Waals surface area (Å²) in [4.78, 5) is 32.9. The average Bonchev–Trinajstić information content (AvgIpc) is 3.15. The van der Waals surface area contributed by atoms with E-state index in [9.17, 15) is 9.59 Å². The van der Waals surface area contributed by atoms with E-state index in [0.29, 0.717) is 42.9 Å². The number of hydrogen-bond acceptors (Lipinski definition) is 7. The van der Waals surface area contributed by atoms with Crippen LogP contribution in [0, 0.1) is 5.41 Å². The first-order chi connectivity index (χ1) is 18.4. The molecule has 5 rings (SSSR count). The summed E-state index contributed by atoms with van der Waals surface area (Å²) in [6.07, 6.45) is 7.19. The summed E-state index contributed by atoms with van der Waals surface area (Å²) in [7, 11) is 0. The van der Waals surface area contributed by atoms with Crippen molar-refractivity contribution in [2.75, 3.05) is 44.6 Å². The molecule has 12 heteroatoms. The molecule has 38 heavy (non-hydrogen) atoms. The van der Waals surface area contributed by atoms with Crippen LogP contribution in [0.25, 0.3) is 0 Å². The van der Waals surface area contributed by atoms with Gasteiger partial charge in [-0.25, -0.2) is 9.59 Å². The normalized spacial score (nSPS) is 19.9. The van der Waals surface area contributed by atoms with E-state index in [1.807, 2.05) is 6.07 Å². The Hall–Kier alpha value is -3.80. The third-order valence-corrected chi connectivity index (χ3v) is 7.82. The molecule has 4 heterocycles. The number of carbonyl (C=O) groups excluding carboxylic acids is 1. The van der Waals surface area contributed by atoms with Crippen LogP contribution in [0.15, 0.2) is 29.2 Å². The molecule has 0 radical (unpaired) electrons. The highest BCUT2D eigenvalue weighted by atomic mass is 16.5. The van der Waals surface area contributed by atoms with Crippen molar-refractivity contribution in [2.45, 2.75) is 50.5 Å². The van der Waals surface area contributed by atoms with E-state index in [1.165, 1.54) is 5.56 Å². The van der Waals surface area contributed by atoms with Gasteiger partial charge in [-0.15, -0.1) is 0 Å². The van der Waals surface area contributed by atoms with Crippen LogP contribution in [0.2, 0.25) is 0 Å². The summed E-state index contributed by atoms with van der Waals surface area (Å²) in [6, 6.07) is 5.80. The SMILES string of the molecule is N=C(N)NCCCN1CCCC(n2cc3c(nc2=O)Nc2cc(C4CCN(C(N)=O)CC4)ccc2O3)CC1. The fraction of sp³-hybridized carbons (Fsp3) is 0.538. The molecule has 1 aromatic heterocycles. The van der Waals surface area contributed by atoms with E-state index < -0.39 is 0 Å². The Morgan fingerprint density at radius 2 is 1.95 bits per heavy atom. The summed E-state index contributed by atoms with van der Waals surface area (Å²) in [6.45, 7) is 4.81. The van der Waals surface area contributed by atoms with Crippen LogP contribution in [0.3, 0.4) is 0 Å². The van der Waals surface area contributed by atoms with Crippen LogP contribution in [-0.2, 0) is 0 Å². The molecule has 0 bridgehead atoms. The van der Waals surface area contributed by atoms with Crippen LogP contribution < -0.4 is 32.5 Å². The lowest BCUT2D eigenvalue weighted by Gasteiger charge is -2.31. The highest BCUT2D eigenvalue weighted by molar-refractivity contribution is 5.74. The molecule has 0 spiro atoms. The first-order valence-corrected chi connectivity index (χ1v) is 13.4. The molecule has 2 saturated heterocycles. The predicted octanol–water partition coefficient (Wildman–Crippen LogP) is 2.25. The number of nitrogens with one attached hydrogen (secondary N) is 3. The maximum Gasteiger partial charge on any atom is 0.350 e. The molecular formula is C26H37N9O3. The number of amides is 2. The number of likely N-dealkylation sites (tertiary alicyclic amines) is 2. The summed E-state index contributed by atoms with van der Waals surface area (Å²) in [5.74, 6) is 2.03. The molecule has 12 nitrogen and oxygen atoms in total. The number of benzene rings is 1. The van der Waals surface area contributed by atoms with Crippen LogP contribution in [0.5, 0.6) is 11.5 Å². The van der Waals surface area contributed by atoms with E-state index in [4.69, 9.17) is 21.6 Å². The van der Waals surface area contributed by atoms with E-state index >= 15 is 0 Å². The molecule has 0 aliphatic carbocycles. The number of anilines is 2. The Bertz CT molecular complexity index is 1240. The van der Waals surface area contributed by atoms with E-state index in [2.05, 4.69) is 32.7 Å². The number of aromatic nitrogens is 2. The number of carbonyl (C=O) groups is 1. The van der Waals surface area contributed by atoms with Crippen molar-refractivity contribution in [3.05, 3.63) is 40.4 Å². The lowest BCUT2D eigenvalue weighted by atomic mass is 9.89. The first-order valence-electron chi connectivity index (χ1n) is 13.4. The largest absolute Gasteiger partial charge is 0.450 e. The molecular weight excluding hydrogens is 486 g/mol. The molecule has 1 aromatic carbocycles. The van der Waals surface area contributed by atoms with Gasteiger partial charge in [0.25, 0.3) is 0 Å². The molecule has 2 aromatic rings. The predicted molar refractivity (Wildman–Crippen MR) is 145 cm³/mol. The van der Waals surface area contributed by atoms with E-state index in [1.54, 1.807) is 15.7 Å². The van der Waals surface area contributed by atoms with Gasteiger partial charge in [0.2, 0.25) is 0 Å². The molecule has 3 aliphatic rings. The van der Waals surface area contributed by atoms with Gasteiger partial charge in [-0.05, 0) is 75.2 Å². The highest BCUT2D eigenvalue weighted by Crippen LogP contribution is 2.42. The van der Waals surface area contributed by atoms with Gasteiger partial charge in [-0.3, -0.25) is 9.98 Å². The summed E-state index contributed by atoms with van der Waals surface area (Å²) < 4.78 is 7.92. The quantitative estimate of drug-likeness (QED) is 0.186. The van der Waals surface area contributed by atoms with Gasteiger partial charge in [0.15, 0.2) is 23.3 Å². The van der Waals surface area contributed by atoms with E-state index in [-0.39, 0.29) is 23.7 Å². The number of ether oxygens (including phenoxy) is 1. The number of hydrogen-bond donors (Lipinski definition) is 5. The summed E-state index contributed by atoms with van der Waals surface area (Å²) in [5.41, 5.74) is 12.4. The third kappa shape index (κ3) is 5.85. The zero-order valence-corrected chi connectivity index (χ0v) is 21.6. The maximum absolute atomic E-state index is 13.0.